The number of para-hydroxylation sites is 1. The van der Waals surface area contributed by atoms with Crippen LogP contribution in [0.3, 0.4) is 0 Å². The quantitative estimate of drug-likeness (QED) is 0.603. The number of halogens is 2. The summed E-state index contributed by atoms with van der Waals surface area (Å²) in [5.74, 6) is 0.452. The van der Waals surface area contributed by atoms with Gasteiger partial charge in [-0.15, -0.1) is 0 Å². The maximum absolute atomic E-state index is 13.1. The molecule has 0 unspecified atom stereocenters. The van der Waals surface area contributed by atoms with Gasteiger partial charge in [0, 0.05) is 24.3 Å². The van der Waals surface area contributed by atoms with Crippen LogP contribution in [-0.4, -0.2) is 19.3 Å². The average molecular weight is 366 g/mol. The summed E-state index contributed by atoms with van der Waals surface area (Å²) >= 11 is 6.05. The molecule has 25 heavy (non-hydrogen) atoms. The molecule has 0 aromatic heterocycles. The van der Waals surface area contributed by atoms with Crippen LogP contribution < -0.4 is 10.1 Å². The Balaban J connectivity index is 1.83. The van der Waals surface area contributed by atoms with Crippen LogP contribution >= 0.6 is 11.6 Å². The molecule has 3 nitrogen and oxygen atoms in total. The summed E-state index contributed by atoms with van der Waals surface area (Å²) in [6.45, 7) is 6.73. The second-order valence-corrected chi connectivity index (χ2v) is 6.49. The predicted molar refractivity (Wildman–Crippen MR) is 99.6 cm³/mol. The van der Waals surface area contributed by atoms with Gasteiger partial charge in [-0.1, -0.05) is 35.9 Å². The van der Waals surface area contributed by atoms with Gasteiger partial charge in [0.2, 0.25) is 0 Å². The fourth-order valence-corrected chi connectivity index (χ4v) is 2.55. The Kier molecular flexibility index (Phi) is 8.19. The van der Waals surface area contributed by atoms with Crippen molar-refractivity contribution < 1.29 is 13.9 Å². The summed E-state index contributed by atoms with van der Waals surface area (Å²) < 4.78 is 24.5. The Morgan fingerprint density at radius 1 is 1.12 bits per heavy atom. The molecule has 136 valence electrons. The maximum Gasteiger partial charge on any atom is 0.124 e. The molecule has 0 saturated heterocycles. The molecule has 0 fully saturated rings. The van der Waals surface area contributed by atoms with Gasteiger partial charge in [0.1, 0.15) is 18.2 Å². The standard InChI is InChI=1S/C20H25ClFNO2/c1-15(2)24-11-5-10-23-13-16-6-3-4-7-20(16)25-14-17-8-9-18(22)12-19(17)21/h3-4,6-9,12,15,23H,5,10-11,13-14H2,1-2H3. The highest BCUT2D eigenvalue weighted by Gasteiger charge is 2.06. The molecule has 2 rings (SSSR count). The van der Waals surface area contributed by atoms with E-state index in [2.05, 4.69) is 5.32 Å². The Bertz CT molecular complexity index is 664. The molecule has 0 amide bonds. The van der Waals surface area contributed by atoms with Crippen LogP contribution in [-0.2, 0) is 17.9 Å². The fourth-order valence-electron chi connectivity index (χ4n) is 2.32. The van der Waals surface area contributed by atoms with Gasteiger partial charge in [-0.05, 0) is 45.0 Å². The number of hydrogen-bond acceptors (Lipinski definition) is 3. The molecule has 0 aliphatic carbocycles. The molecule has 2 aromatic rings. The van der Waals surface area contributed by atoms with Crippen LogP contribution in [0, 0.1) is 5.82 Å². The monoisotopic (exact) mass is 365 g/mol. The minimum atomic E-state index is -0.347. The van der Waals surface area contributed by atoms with Gasteiger partial charge in [0.05, 0.1) is 11.1 Å². The molecule has 1 N–H and O–H groups in total. The minimum Gasteiger partial charge on any atom is -0.489 e. The number of ether oxygens (including phenoxy) is 2. The highest BCUT2D eigenvalue weighted by atomic mass is 35.5. The van der Waals surface area contributed by atoms with Gasteiger partial charge >= 0.3 is 0 Å². The van der Waals surface area contributed by atoms with Crippen LogP contribution in [0.5, 0.6) is 5.75 Å². The fraction of sp³-hybridized carbons (Fsp3) is 0.400. The van der Waals surface area contributed by atoms with Crippen LogP contribution in [0.25, 0.3) is 0 Å². The summed E-state index contributed by atoms with van der Waals surface area (Å²) in [5, 5.41) is 3.77. The summed E-state index contributed by atoms with van der Waals surface area (Å²) in [4.78, 5) is 0. The number of benzene rings is 2. The van der Waals surface area contributed by atoms with E-state index in [9.17, 15) is 4.39 Å². The maximum atomic E-state index is 13.1. The molecule has 0 radical (unpaired) electrons. The first kappa shape index (κ1) is 19.7. The molecule has 0 aliphatic rings. The van der Waals surface area contributed by atoms with E-state index in [4.69, 9.17) is 21.1 Å². The van der Waals surface area contributed by atoms with Crippen molar-refractivity contribution >= 4 is 11.6 Å². The Labute approximate surface area is 154 Å². The summed E-state index contributed by atoms with van der Waals surface area (Å²) in [7, 11) is 0. The molecular formula is C20H25ClFNO2. The van der Waals surface area contributed by atoms with Gasteiger partial charge in [-0.25, -0.2) is 4.39 Å². The Morgan fingerprint density at radius 3 is 2.68 bits per heavy atom. The minimum absolute atomic E-state index is 0.271. The zero-order valence-electron chi connectivity index (χ0n) is 14.7. The smallest absolute Gasteiger partial charge is 0.124 e. The van der Waals surface area contributed by atoms with E-state index in [-0.39, 0.29) is 11.9 Å². The third kappa shape index (κ3) is 7.02. The van der Waals surface area contributed by atoms with E-state index in [1.165, 1.54) is 12.1 Å². The van der Waals surface area contributed by atoms with Gasteiger partial charge in [-0.3, -0.25) is 0 Å². The van der Waals surface area contributed by atoms with Crippen molar-refractivity contribution in [3.63, 3.8) is 0 Å². The SMILES string of the molecule is CC(C)OCCCNCc1ccccc1OCc1ccc(F)cc1Cl. The van der Waals surface area contributed by atoms with E-state index in [0.29, 0.717) is 11.6 Å². The van der Waals surface area contributed by atoms with Crippen molar-refractivity contribution in [2.24, 2.45) is 0 Å². The van der Waals surface area contributed by atoms with Crippen molar-refractivity contribution in [2.45, 2.75) is 39.5 Å². The Hall–Kier alpha value is -1.62. The third-order valence-electron chi connectivity index (χ3n) is 3.64. The van der Waals surface area contributed by atoms with Crippen molar-refractivity contribution in [3.05, 3.63) is 64.4 Å². The lowest BCUT2D eigenvalue weighted by atomic mass is 10.2. The van der Waals surface area contributed by atoms with E-state index in [0.717, 1.165) is 43.0 Å². The van der Waals surface area contributed by atoms with E-state index in [1.807, 2.05) is 38.1 Å². The molecule has 0 spiro atoms. The molecule has 0 heterocycles. The molecule has 0 aliphatic heterocycles. The highest BCUT2D eigenvalue weighted by Crippen LogP contribution is 2.22. The molecule has 0 saturated carbocycles. The number of hydrogen-bond donors (Lipinski definition) is 1. The highest BCUT2D eigenvalue weighted by molar-refractivity contribution is 6.31. The zero-order valence-corrected chi connectivity index (χ0v) is 15.5. The first-order valence-electron chi connectivity index (χ1n) is 8.53. The van der Waals surface area contributed by atoms with E-state index in [1.54, 1.807) is 6.07 Å². The largest absolute Gasteiger partial charge is 0.489 e. The molecular weight excluding hydrogens is 341 g/mol. The van der Waals surface area contributed by atoms with Crippen LogP contribution in [0.1, 0.15) is 31.4 Å². The predicted octanol–water partition coefficient (Wildman–Crippen LogP) is 4.96. The van der Waals surface area contributed by atoms with Gasteiger partial charge in [0.25, 0.3) is 0 Å². The first-order chi connectivity index (χ1) is 12.1. The van der Waals surface area contributed by atoms with Crippen molar-refractivity contribution in [2.75, 3.05) is 13.2 Å². The second-order valence-electron chi connectivity index (χ2n) is 6.08. The van der Waals surface area contributed by atoms with Crippen molar-refractivity contribution in [3.8, 4) is 5.75 Å². The van der Waals surface area contributed by atoms with Crippen LogP contribution in [0.15, 0.2) is 42.5 Å². The summed E-state index contributed by atoms with van der Waals surface area (Å²) in [6, 6.07) is 12.2. The van der Waals surface area contributed by atoms with Crippen molar-refractivity contribution in [1.82, 2.24) is 5.32 Å². The van der Waals surface area contributed by atoms with E-state index < -0.39 is 0 Å². The number of rotatable bonds is 10. The van der Waals surface area contributed by atoms with E-state index >= 15 is 0 Å². The topological polar surface area (TPSA) is 30.5 Å². The van der Waals surface area contributed by atoms with Crippen LogP contribution in [0.2, 0.25) is 5.02 Å². The van der Waals surface area contributed by atoms with Crippen LogP contribution in [0.4, 0.5) is 4.39 Å². The average Bonchev–Trinajstić information content (AvgIpc) is 2.58. The third-order valence-corrected chi connectivity index (χ3v) is 3.99. The first-order valence-corrected chi connectivity index (χ1v) is 8.91. The molecule has 5 heteroatoms. The summed E-state index contributed by atoms with van der Waals surface area (Å²) in [5.41, 5.74) is 1.84. The molecule has 0 atom stereocenters. The normalized spacial score (nSPS) is 11.1. The lowest BCUT2D eigenvalue weighted by Crippen LogP contribution is -2.18. The Morgan fingerprint density at radius 2 is 1.92 bits per heavy atom. The van der Waals surface area contributed by atoms with Gasteiger partial charge in [-0.2, -0.15) is 0 Å². The second kappa shape index (κ2) is 10.4. The number of nitrogens with one attached hydrogen (secondary N) is 1. The van der Waals surface area contributed by atoms with Crippen molar-refractivity contribution in [1.29, 1.82) is 0 Å². The lowest BCUT2D eigenvalue weighted by Gasteiger charge is -2.13. The summed E-state index contributed by atoms with van der Waals surface area (Å²) in [6.07, 6.45) is 1.24. The zero-order chi connectivity index (χ0) is 18.1. The van der Waals surface area contributed by atoms with Gasteiger partial charge in [0.15, 0.2) is 0 Å². The lowest BCUT2D eigenvalue weighted by molar-refractivity contribution is 0.0770. The van der Waals surface area contributed by atoms with Gasteiger partial charge < -0.3 is 14.8 Å². The molecule has 2 aromatic carbocycles. The molecule has 0 bridgehead atoms.